The fourth-order valence-electron chi connectivity index (χ4n) is 2.38. The second-order valence-corrected chi connectivity index (χ2v) is 6.03. The first-order valence-electron chi connectivity index (χ1n) is 6.75. The number of carbonyl (C=O) groups excluding carboxylic acids is 3. The van der Waals surface area contributed by atoms with Gasteiger partial charge in [-0.1, -0.05) is 0 Å². The molecule has 2 heterocycles. The summed E-state index contributed by atoms with van der Waals surface area (Å²) in [5, 5.41) is 8.51. The number of ether oxygens (including phenoxy) is 2. The second-order valence-electron chi connectivity index (χ2n) is 4.97. The normalized spacial score (nSPS) is 26.3. The number of aliphatic carboxylic acids is 1. The number of nitrogens with zero attached hydrogens (tertiary/aromatic N) is 1. The highest BCUT2D eigenvalue weighted by Gasteiger charge is 2.67. The van der Waals surface area contributed by atoms with Crippen molar-refractivity contribution in [3.8, 4) is 0 Å². The minimum Gasteiger partial charge on any atom is -0.477 e. The van der Waals surface area contributed by atoms with Crippen LogP contribution in [0.2, 0.25) is 0 Å². The summed E-state index contributed by atoms with van der Waals surface area (Å²) in [4.78, 5) is 47.6. The number of carboxylic acid groups (broad SMARTS) is 1. The standard InChI is InChI=1S/C13H16N2O7S/c1-3-21-12(20)13(14)10(19)15-8(9(17)18)7(4-22-6(2)16)5-23-11(13)15/h11H,3-5,14H2,1-2H3,(H,17,18)/t11-,13+/m1/s1. The number of rotatable bonds is 5. The van der Waals surface area contributed by atoms with Crippen molar-refractivity contribution in [2.75, 3.05) is 19.0 Å². The van der Waals surface area contributed by atoms with Gasteiger partial charge in [0.05, 0.1) is 6.61 Å². The van der Waals surface area contributed by atoms with E-state index in [2.05, 4.69) is 0 Å². The van der Waals surface area contributed by atoms with Crippen LogP contribution in [0, 0.1) is 0 Å². The molecule has 2 aliphatic heterocycles. The van der Waals surface area contributed by atoms with Crippen LogP contribution in [0.1, 0.15) is 13.8 Å². The molecule has 10 heteroatoms. The summed E-state index contributed by atoms with van der Waals surface area (Å²) in [6, 6.07) is 0. The van der Waals surface area contributed by atoms with Crippen LogP contribution in [0.4, 0.5) is 0 Å². The van der Waals surface area contributed by atoms with Gasteiger partial charge in [-0.3, -0.25) is 14.5 Å². The van der Waals surface area contributed by atoms with Crippen molar-refractivity contribution in [3.05, 3.63) is 11.3 Å². The van der Waals surface area contributed by atoms with E-state index in [-0.39, 0.29) is 30.2 Å². The van der Waals surface area contributed by atoms with Gasteiger partial charge in [0.15, 0.2) is 0 Å². The smallest absolute Gasteiger partial charge is 0.352 e. The number of esters is 2. The third-order valence-corrected chi connectivity index (χ3v) is 4.87. The van der Waals surface area contributed by atoms with E-state index in [0.717, 1.165) is 16.7 Å². The molecule has 0 aromatic rings. The molecule has 0 aliphatic carbocycles. The number of carbonyl (C=O) groups is 4. The first kappa shape index (κ1) is 17.3. The van der Waals surface area contributed by atoms with E-state index in [0.29, 0.717) is 0 Å². The molecule has 0 aromatic heterocycles. The van der Waals surface area contributed by atoms with Crippen LogP contribution in [-0.4, -0.2) is 63.7 Å². The maximum atomic E-state index is 12.3. The maximum Gasteiger partial charge on any atom is 0.352 e. The topological polar surface area (TPSA) is 136 Å². The highest BCUT2D eigenvalue weighted by Crippen LogP contribution is 2.45. The molecule has 2 atom stereocenters. The van der Waals surface area contributed by atoms with Crippen LogP contribution >= 0.6 is 11.8 Å². The lowest BCUT2D eigenvalue weighted by molar-refractivity contribution is -0.171. The van der Waals surface area contributed by atoms with Gasteiger partial charge in [-0.2, -0.15) is 0 Å². The Kier molecular flexibility index (Phi) is 4.66. The van der Waals surface area contributed by atoms with Crippen molar-refractivity contribution in [1.29, 1.82) is 0 Å². The maximum absolute atomic E-state index is 12.3. The first-order valence-corrected chi connectivity index (χ1v) is 7.80. The predicted molar refractivity (Wildman–Crippen MR) is 77.9 cm³/mol. The van der Waals surface area contributed by atoms with E-state index in [1.165, 1.54) is 6.92 Å². The molecule has 23 heavy (non-hydrogen) atoms. The predicted octanol–water partition coefficient (Wildman–Crippen LogP) is -0.936. The molecule has 1 saturated heterocycles. The van der Waals surface area contributed by atoms with E-state index in [9.17, 15) is 24.3 Å². The fourth-order valence-corrected chi connectivity index (χ4v) is 3.77. The molecule has 9 nitrogen and oxygen atoms in total. The SMILES string of the molecule is CCOC(=O)[C@]1(N)C(=O)N2C(C(=O)O)=C(COC(C)=O)CS[C@@H]21. The fraction of sp³-hybridized carbons (Fsp3) is 0.538. The zero-order valence-electron chi connectivity index (χ0n) is 12.5. The van der Waals surface area contributed by atoms with Gasteiger partial charge in [0, 0.05) is 18.2 Å². The van der Waals surface area contributed by atoms with Gasteiger partial charge in [-0.25, -0.2) is 9.59 Å². The lowest BCUT2D eigenvalue weighted by Crippen LogP contribution is -2.81. The number of carboxylic acids is 1. The van der Waals surface area contributed by atoms with Crippen molar-refractivity contribution >= 4 is 35.6 Å². The van der Waals surface area contributed by atoms with Crippen LogP contribution in [0.5, 0.6) is 0 Å². The lowest BCUT2D eigenvalue weighted by Gasteiger charge is -2.53. The number of hydrogen-bond acceptors (Lipinski definition) is 8. The molecular formula is C13H16N2O7S. The summed E-state index contributed by atoms with van der Waals surface area (Å²) in [6.07, 6.45) is 0. The average molecular weight is 344 g/mol. The molecule has 0 unspecified atom stereocenters. The van der Waals surface area contributed by atoms with Gasteiger partial charge in [0.2, 0.25) is 5.54 Å². The van der Waals surface area contributed by atoms with Crippen molar-refractivity contribution in [2.45, 2.75) is 24.8 Å². The number of fused-ring (bicyclic) bond motifs is 1. The van der Waals surface area contributed by atoms with Crippen molar-refractivity contribution in [3.63, 3.8) is 0 Å². The molecule has 0 bridgehead atoms. The van der Waals surface area contributed by atoms with Crippen LogP contribution in [0.3, 0.4) is 0 Å². The molecular weight excluding hydrogens is 328 g/mol. The summed E-state index contributed by atoms with van der Waals surface area (Å²) in [5.74, 6) is -3.47. The Bertz CT molecular complexity index is 617. The number of amides is 1. The summed E-state index contributed by atoms with van der Waals surface area (Å²) >= 11 is 1.13. The monoisotopic (exact) mass is 344 g/mol. The Morgan fingerprint density at radius 1 is 1.43 bits per heavy atom. The van der Waals surface area contributed by atoms with E-state index < -0.39 is 34.7 Å². The van der Waals surface area contributed by atoms with Crippen molar-refractivity contribution < 1.29 is 33.8 Å². The van der Waals surface area contributed by atoms with Gasteiger partial charge in [-0.15, -0.1) is 11.8 Å². The minimum absolute atomic E-state index is 0.0573. The highest BCUT2D eigenvalue weighted by molar-refractivity contribution is 8.00. The Hall–Kier alpha value is -2.07. The Morgan fingerprint density at radius 3 is 2.61 bits per heavy atom. The van der Waals surface area contributed by atoms with Crippen molar-refractivity contribution in [1.82, 2.24) is 4.90 Å². The molecule has 0 radical (unpaired) electrons. The summed E-state index contributed by atoms with van der Waals surface area (Å²) in [7, 11) is 0. The van der Waals surface area contributed by atoms with Crippen LogP contribution in [0.25, 0.3) is 0 Å². The van der Waals surface area contributed by atoms with Crippen LogP contribution < -0.4 is 5.73 Å². The molecule has 0 spiro atoms. The van der Waals surface area contributed by atoms with Gasteiger partial charge >= 0.3 is 17.9 Å². The van der Waals surface area contributed by atoms with Gasteiger partial charge in [0.25, 0.3) is 5.91 Å². The third kappa shape index (κ3) is 2.68. The van der Waals surface area contributed by atoms with E-state index in [1.54, 1.807) is 6.92 Å². The molecule has 1 fully saturated rings. The number of hydrogen-bond donors (Lipinski definition) is 2. The molecule has 3 N–H and O–H groups in total. The molecule has 2 aliphatic rings. The van der Waals surface area contributed by atoms with E-state index >= 15 is 0 Å². The summed E-state index contributed by atoms with van der Waals surface area (Å²) < 4.78 is 9.62. The summed E-state index contributed by atoms with van der Waals surface area (Å²) in [5.41, 5.74) is 3.95. The van der Waals surface area contributed by atoms with Crippen molar-refractivity contribution in [2.24, 2.45) is 5.73 Å². The molecule has 2 rings (SSSR count). The molecule has 0 saturated carbocycles. The number of nitrogens with two attached hydrogens (primary N) is 1. The first-order chi connectivity index (χ1) is 10.7. The lowest BCUT2D eigenvalue weighted by atomic mass is 9.87. The number of β-lactam (4-membered cyclic amide) rings is 1. The second kappa shape index (κ2) is 6.20. The van der Waals surface area contributed by atoms with E-state index in [4.69, 9.17) is 15.2 Å². The number of thioether (sulfide) groups is 1. The molecule has 0 aromatic carbocycles. The van der Waals surface area contributed by atoms with Gasteiger partial charge in [0.1, 0.15) is 17.7 Å². The van der Waals surface area contributed by atoms with Gasteiger partial charge in [-0.05, 0) is 6.92 Å². The zero-order valence-corrected chi connectivity index (χ0v) is 13.3. The third-order valence-electron chi connectivity index (χ3n) is 3.45. The quantitative estimate of drug-likeness (QED) is 0.368. The van der Waals surface area contributed by atoms with Gasteiger partial charge < -0.3 is 20.3 Å². The Morgan fingerprint density at radius 2 is 2.09 bits per heavy atom. The average Bonchev–Trinajstić information content (AvgIpc) is 2.50. The van der Waals surface area contributed by atoms with Crippen LogP contribution in [0.15, 0.2) is 11.3 Å². The molecule has 126 valence electrons. The Balaban J connectivity index is 2.31. The minimum atomic E-state index is -1.89. The largest absolute Gasteiger partial charge is 0.477 e. The van der Waals surface area contributed by atoms with E-state index in [1.807, 2.05) is 0 Å². The Labute approximate surface area is 135 Å². The highest BCUT2D eigenvalue weighted by atomic mass is 32.2. The zero-order chi connectivity index (χ0) is 17.4. The summed E-state index contributed by atoms with van der Waals surface area (Å²) in [6.45, 7) is 2.59. The van der Waals surface area contributed by atoms with Crippen LogP contribution in [-0.2, 0) is 28.7 Å². The molecule has 1 amide bonds.